The first-order valence-electron chi connectivity index (χ1n) is 8.33. The van der Waals surface area contributed by atoms with Crippen LogP contribution in [0.3, 0.4) is 0 Å². The minimum atomic E-state index is -0.287. The van der Waals surface area contributed by atoms with E-state index < -0.39 is 0 Å². The summed E-state index contributed by atoms with van der Waals surface area (Å²) < 4.78 is 24.4. The number of rotatable bonds is 5. The molecule has 0 bridgehead atoms. The molecule has 0 aliphatic heterocycles. The molecule has 27 heavy (non-hydrogen) atoms. The molecule has 5 nitrogen and oxygen atoms in total. The largest absolute Gasteiger partial charge is 0.440 e. The molecule has 0 saturated carbocycles. The van der Waals surface area contributed by atoms with Gasteiger partial charge in [-0.25, -0.2) is 9.37 Å². The molecule has 0 spiro atoms. The van der Waals surface area contributed by atoms with E-state index in [4.69, 9.17) is 8.83 Å². The van der Waals surface area contributed by atoms with Crippen molar-refractivity contribution in [2.45, 2.75) is 24.8 Å². The Bertz CT molecular complexity index is 1070. The number of oxazole rings is 1. The first kappa shape index (κ1) is 17.5. The second-order valence-corrected chi connectivity index (χ2v) is 7.01. The van der Waals surface area contributed by atoms with E-state index in [1.54, 1.807) is 18.3 Å². The summed E-state index contributed by atoms with van der Waals surface area (Å²) in [6, 6.07) is 12.1. The summed E-state index contributed by atoms with van der Waals surface area (Å²) in [7, 11) is 0. The van der Waals surface area contributed by atoms with E-state index in [0.717, 1.165) is 11.1 Å². The van der Waals surface area contributed by atoms with Crippen LogP contribution in [0.25, 0.3) is 22.8 Å². The predicted molar refractivity (Wildman–Crippen MR) is 101 cm³/mol. The highest BCUT2D eigenvalue weighted by Gasteiger charge is 2.12. The monoisotopic (exact) mass is 381 g/mol. The molecule has 2 heterocycles. The van der Waals surface area contributed by atoms with E-state index in [1.165, 1.54) is 35.0 Å². The van der Waals surface area contributed by atoms with Gasteiger partial charge in [0.15, 0.2) is 5.76 Å². The van der Waals surface area contributed by atoms with Crippen molar-refractivity contribution >= 4 is 11.8 Å². The number of aryl methyl sites for hydroxylation is 2. The lowest BCUT2D eigenvalue weighted by molar-refractivity contribution is 0.464. The number of hydrogen-bond acceptors (Lipinski definition) is 6. The Labute approximate surface area is 159 Å². The molecule has 0 aliphatic rings. The van der Waals surface area contributed by atoms with Crippen molar-refractivity contribution < 1.29 is 13.2 Å². The first-order valence-corrected chi connectivity index (χ1v) is 9.31. The van der Waals surface area contributed by atoms with E-state index in [9.17, 15) is 4.39 Å². The van der Waals surface area contributed by atoms with Crippen molar-refractivity contribution in [3.05, 3.63) is 71.5 Å². The van der Waals surface area contributed by atoms with Gasteiger partial charge in [0.05, 0.1) is 11.9 Å². The van der Waals surface area contributed by atoms with E-state index in [-0.39, 0.29) is 5.82 Å². The molecule has 0 N–H and O–H groups in total. The fourth-order valence-corrected chi connectivity index (χ4v) is 3.12. The van der Waals surface area contributed by atoms with Crippen molar-refractivity contribution in [3.63, 3.8) is 0 Å². The second-order valence-electron chi connectivity index (χ2n) is 6.09. The van der Waals surface area contributed by atoms with Gasteiger partial charge in [-0.05, 0) is 61.4 Å². The van der Waals surface area contributed by atoms with Crippen LogP contribution in [0.2, 0.25) is 0 Å². The van der Waals surface area contributed by atoms with Crippen molar-refractivity contribution in [1.82, 2.24) is 15.2 Å². The normalized spacial score (nSPS) is 11.1. The quantitative estimate of drug-likeness (QED) is 0.429. The van der Waals surface area contributed by atoms with E-state index in [2.05, 4.69) is 22.1 Å². The third-order valence-corrected chi connectivity index (χ3v) is 4.96. The number of halogens is 1. The molecule has 0 amide bonds. The molecule has 0 atom stereocenters. The lowest BCUT2D eigenvalue weighted by atomic mass is 10.1. The van der Waals surface area contributed by atoms with Crippen LogP contribution in [-0.2, 0) is 5.75 Å². The molecule has 4 aromatic rings. The van der Waals surface area contributed by atoms with Gasteiger partial charge in [-0.2, -0.15) is 0 Å². The average Bonchev–Trinajstić information content (AvgIpc) is 3.32. The Kier molecular flexibility index (Phi) is 4.77. The smallest absolute Gasteiger partial charge is 0.277 e. The zero-order chi connectivity index (χ0) is 18.8. The summed E-state index contributed by atoms with van der Waals surface area (Å²) >= 11 is 1.35. The number of aromatic nitrogens is 3. The van der Waals surface area contributed by atoms with Crippen LogP contribution in [0.5, 0.6) is 0 Å². The molecule has 0 unspecified atom stereocenters. The van der Waals surface area contributed by atoms with Crippen molar-refractivity contribution in [2.75, 3.05) is 0 Å². The molecule has 0 fully saturated rings. The topological polar surface area (TPSA) is 65.0 Å². The first-order chi connectivity index (χ1) is 13.1. The lowest BCUT2D eigenvalue weighted by Crippen LogP contribution is -1.83. The summed E-state index contributed by atoms with van der Waals surface area (Å²) in [5, 5.41) is 8.62. The van der Waals surface area contributed by atoms with Gasteiger partial charge >= 0.3 is 0 Å². The van der Waals surface area contributed by atoms with Crippen LogP contribution >= 0.6 is 11.8 Å². The van der Waals surface area contributed by atoms with Gasteiger partial charge in [-0.15, -0.1) is 10.2 Å². The summed E-state index contributed by atoms with van der Waals surface area (Å²) in [5.74, 6) is 1.78. The maximum atomic E-state index is 13.0. The zero-order valence-corrected chi connectivity index (χ0v) is 15.6. The SMILES string of the molecule is Cc1ccc(-c2nnc(SCc3ncc(-c4ccc(F)cc4)o3)o2)cc1C. The molecule has 136 valence electrons. The molecule has 4 rings (SSSR count). The minimum absolute atomic E-state index is 0.287. The standard InChI is InChI=1S/C20H16FN3O2S/c1-12-3-4-15(9-13(12)2)19-23-24-20(26-19)27-11-18-22-10-17(25-18)14-5-7-16(21)8-6-14/h3-10H,11H2,1-2H3. The highest BCUT2D eigenvalue weighted by Crippen LogP contribution is 2.28. The van der Waals surface area contributed by atoms with Crippen molar-refractivity contribution in [1.29, 1.82) is 0 Å². The number of thioether (sulfide) groups is 1. The van der Waals surface area contributed by atoms with E-state index in [1.807, 2.05) is 25.1 Å². The molecular formula is C20H16FN3O2S. The van der Waals surface area contributed by atoms with Gasteiger partial charge in [0.1, 0.15) is 5.82 Å². The number of hydrogen-bond donors (Lipinski definition) is 0. The van der Waals surface area contributed by atoms with Crippen LogP contribution in [0.4, 0.5) is 4.39 Å². The molecule has 2 aromatic carbocycles. The molecule has 0 aliphatic carbocycles. The molecule has 0 saturated heterocycles. The molecule has 2 aromatic heterocycles. The van der Waals surface area contributed by atoms with E-state index >= 15 is 0 Å². The van der Waals surface area contributed by atoms with Crippen LogP contribution in [-0.4, -0.2) is 15.2 Å². The Morgan fingerprint density at radius 3 is 2.48 bits per heavy atom. The summed E-state index contributed by atoms with van der Waals surface area (Å²) in [4.78, 5) is 4.25. The van der Waals surface area contributed by atoms with Gasteiger partial charge < -0.3 is 8.83 Å². The number of nitrogens with zero attached hydrogens (tertiary/aromatic N) is 3. The maximum Gasteiger partial charge on any atom is 0.277 e. The third-order valence-electron chi connectivity index (χ3n) is 4.16. The molecule has 0 radical (unpaired) electrons. The van der Waals surface area contributed by atoms with E-state index in [0.29, 0.717) is 28.5 Å². The Balaban J connectivity index is 1.43. The highest BCUT2D eigenvalue weighted by atomic mass is 32.2. The van der Waals surface area contributed by atoms with Gasteiger partial charge in [-0.1, -0.05) is 17.8 Å². The number of benzene rings is 2. The molecule has 7 heteroatoms. The summed E-state index contributed by atoms with van der Waals surface area (Å²) in [5.41, 5.74) is 4.06. The lowest BCUT2D eigenvalue weighted by Gasteiger charge is -2.00. The predicted octanol–water partition coefficient (Wildman–Crippen LogP) is 5.44. The van der Waals surface area contributed by atoms with Crippen LogP contribution in [0.15, 0.2) is 62.7 Å². The van der Waals surface area contributed by atoms with Crippen LogP contribution in [0, 0.1) is 19.7 Å². The van der Waals surface area contributed by atoms with Gasteiger partial charge in [0.2, 0.25) is 11.8 Å². The highest BCUT2D eigenvalue weighted by molar-refractivity contribution is 7.98. The Morgan fingerprint density at radius 1 is 0.926 bits per heavy atom. The second kappa shape index (κ2) is 7.36. The Morgan fingerprint density at radius 2 is 1.70 bits per heavy atom. The maximum absolute atomic E-state index is 13.0. The average molecular weight is 381 g/mol. The van der Waals surface area contributed by atoms with Crippen LogP contribution in [0.1, 0.15) is 17.0 Å². The van der Waals surface area contributed by atoms with Gasteiger partial charge in [-0.3, -0.25) is 0 Å². The van der Waals surface area contributed by atoms with Crippen molar-refractivity contribution in [2.24, 2.45) is 0 Å². The van der Waals surface area contributed by atoms with Gasteiger partial charge in [0.25, 0.3) is 5.22 Å². The fourth-order valence-electron chi connectivity index (χ4n) is 2.51. The third kappa shape index (κ3) is 3.93. The summed E-state index contributed by atoms with van der Waals surface area (Å²) in [6.07, 6.45) is 1.62. The van der Waals surface area contributed by atoms with Gasteiger partial charge in [0, 0.05) is 11.1 Å². The fraction of sp³-hybridized carbons (Fsp3) is 0.150. The zero-order valence-electron chi connectivity index (χ0n) is 14.8. The molecular weight excluding hydrogens is 365 g/mol. The van der Waals surface area contributed by atoms with Crippen molar-refractivity contribution in [3.8, 4) is 22.8 Å². The minimum Gasteiger partial charge on any atom is -0.440 e. The Hall–Kier alpha value is -2.93. The summed E-state index contributed by atoms with van der Waals surface area (Å²) in [6.45, 7) is 4.11. The van der Waals surface area contributed by atoms with Crippen LogP contribution < -0.4 is 0 Å².